The Kier molecular flexibility index (Phi) is 4.78. The molecule has 1 atom stereocenters. The molecule has 0 amide bonds. The minimum absolute atomic E-state index is 0.333. The quantitative estimate of drug-likeness (QED) is 0.852. The van der Waals surface area contributed by atoms with E-state index >= 15 is 0 Å². The molecule has 0 aliphatic carbocycles. The fourth-order valence-corrected chi connectivity index (χ4v) is 3.39. The Morgan fingerprint density at radius 1 is 1.50 bits per heavy atom. The molecule has 0 spiro atoms. The van der Waals surface area contributed by atoms with Crippen LogP contribution in [0.5, 0.6) is 0 Å². The summed E-state index contributed by atoms with van der Waals surface area (Å²) in [4.78, 5) is 5.72. The molecule has 1 heterocycles. The van der Waals surface area contributed by atoms with Gasteiger partial charge in [-0.1, -0.05) is 34.5 Å². The zero-order valence-electron chi connectivity index (χ0n) is 10.2. The van der Waals surface area contributed by atoms with Crippen molar-refractivity contribution in [2.24, 2.45) is 0 Å². The van der Waals surface area contributed by atoms with Gasteiger partial charge in [-0.05, 0) is 31.7 Å². The molecule has 96 valence electrons. The van der Waals surface area contributed by atoms with Crippen LogP contribution in [0.4, 0.5) is 0 Å². The lowest BCUT2D eigenvalue weighted by Gasteiger charge is -2.08. The molecule has 0 aliphatic heterocycles. The van der Waals surface area contributed by atoms with Gasteiger partial charge in [0.05, 0.1) is 0 Å². The van der Waals surface area contributed by atoms with Gasteiger partial charge in [0.2, 0.25) is 0 Å². The molecule has 1 aromatic heterocycles. The van der Waals surface area contributed by atoms with Crippen LogP contribution in [0, 0.1) is 0 Å². The summed E-state index contributed by atoms with van der Waals surface area (Å²) in [5.74, 6) is 0. The molecule has 0 fully saturated rings. The molecule has 0 saturated carbocycles. The molecule has 5 heteroatoms. The van der Waals surface area contributed by atoms with E-state index < -0.39 is 0 Å². The van der Waals surface area contributed by atoms with Gasteiger partial charge >= 0.3 is 0 Å². The smallest absolute Gasteiger partial charge is 0.124 e. The number of halogens is 2. The number of aromatic nitrogens is 1. The van der Waals surface area contributed by atoms with E-state index in [9.17, 15) is 0 Å². The van der Waals surface area contributed by atoms with E-state index in [2.05, 4.69) is 40.1 Å². The first-order chi connectivity index (χ1) is 8.61. The average Bonchev–Trinajstić information content (AvgIpc) is 2.82. The summed E-state index contributed by atoms with van der Waals surface area (Å²) in [5.41, 5.74) is 1.04. The van der Waals surface area contributed by atoms with Crippen LogP contribution in [0.2, 0.25) is 5.02 Å². The SMILES string of the molecule is CCNC(C)c1cnc(-c2cc(Cl)ccc2Br)s1. The third-order valence-electron chi connectivity index (χ3n) is 2.62. The molecule has 0 saturated heterocycles. The summed E-state index contributed by atoms with van der Waals surface area (Å²) in [6, 6.07) is 6.09. The maximum absolute atomic E-state index is 6.03. The first-order valence-electron chi connectivity index (χ1n) is 5.76. The number of rotatable bonds is 4. The molecule has 2 nitrogen and oxygen atoms in total. The Morgan fingerprint density at radius 3 is 3.00 bits per heavy atom. The largest absolute Gasteiger partial charge is 0.310 e. The Balaban J connectivity index is 2.32. The van der Waals surface area contributed by atoms with Crippen molar-refractivity contribution in [2.45, 2.75) is 19.9 Å². The van der Waals surface area contributed by atoms with E-state index in [4.69, 9.17) is 11.6 Å². The van der Waals surface area contributed by atoms with Gasteiger partial charge < -0.3 is 5.32 Å². The number of benzene rings is 1. The highest BCUT2D eigenvalue weighted by Crippen LogP contribution is 2.34. The summed E-state index contributed by atoms with van der Waals surface area (Å²) in [6.07, 6.45) is 1.93. The van der Waals surface area contributed by atoms with Gasteiger partial charge in [0, 0.05) is 32.2 Å². The summed E-state index contributed by atoms with van der Waals surface area (Å²) in [5, 5.41) is 5.10. The van der Waals surface area contributed by atoms with Gasteiger partial charge in [-0.2, -0.15) is 0 Å². The van der Waals surface area contributed by atoms with Crippen molar-refractivity contribution in [1.29, 1.82) is 0 Å². The van der Waals surface area contributed by atoms with Crippen molar-refractivity contribution < 1.29 is 0 Å². The summed E-state index contributed by atoms with van der Waals surface area (Å²) in [7, 11) is 0. The number of nitrogens with zero attached hydrogens (tertiary/aromatic N) is 1. The maximum atomic E-state index is 6.03. The normalized spacial score (nSPS) is 12.7. The molecule has 2 rings (SSSR count). The van der Waals surface area contributed by atoms with Crippen molar-refractivity contribution in [3.05, 3.63) is 38.8 Å². The van der Waals surface area contributed by atoms with Gasteiger partial charge in [-0.3, -0.25) is 0 Å². The highest BCUT2D eigenvalue weighted by Gasteiger charge is 2.12. The zero-order valence-corrected chi connectivity index (χ0v) is 13.4. The second-order valence-electron chi connectivity index (χ2n) is 3.97. The predicted octanol–water partition coefficient (Wildman–Crippen LogP) is 4.90. The molecule has 18 heavy (non-hydrogen) atoms. The van der Waals surface area contributed by atoms with Gasteiger partial charge in [0.1, 0.15) is 5.01 Å². The van der Waals surface area contributed by atoms with Crippen molar-refractivity contribution >= 4 is 38.9 Å². The number of hydrogen-bond donors (Lipinski definition) is 1. The Hall–Kier alpha value is -0.420. The average molecular weight is 346 g/mol. The van der Waals surface area contributed by atoms with E-state index in [0.717, 1.165) is 26.6 Å². The van der Waals surface area contributed by atoms with Gasteiger partial charge in [-0.15, -0.1) is 11.3 Å². The topological polar surface area (TPSA) is 24.9 Å². The number of nitrogens with one attached hydrogen (secondary N) is 1. The van der Waals surface area contributed by atoms with Gasteiger partial charge in [0.25, 0.3) is 0 Å². The highest BCUT2D eigenvalue weighted by molar-refractivity contribution is 9.10. The van der Waals surface area contributed by atoms with Crippen LogP contribution >= 0.6 is 38.9 Å². The molecule has 0 radical (unpaired) electrons. The van der Waals surface area contributed by atoms with Gasteiger partial charge in [0.15, 0.2) is 0 Å². The highest BCUT2D eigenvalue weighted by atomic mass is 79.9. The van der Waals surface area contributed by atoms with Crippen molar-refractivity contribution in [1.82, 2.24) is 10.3 Å². The molecular formula is C13H14BrClN2S. The van der Waals surface area contributed by atoms with Crippen LogP contribution in [0.3, 0.4) is 0 Å². The Labute approximate surface area is 125 Å². The molecule has 0 aliphatic rings. The molecule has 1 unspecified atom stereocenters. The van der Waals surface area contributed by atoms with Crippen LogP contribution in [0.25, 0.3) is 10.6 Å². The minimum Gasteiger partial charge on any atom is -0.310 e. The summed E-state index contributed by atoms with van der Waals surface area (Å²) in [6.45, 7) is 5.20. The van der Waals surface area contributed by atoms with Crippen LogP contribution in [-0.2, 0) is 0 Å². The standard InChI is InChI=1S/C13H14BrClN2S/c1-3-16-8(2)12-7-17-13(18-12)10-6-9(15)4-5-11(10)14/h4-8,16H,3H2,1-2H3. The first kappa shape index (κ1) is 14.0. The first-order valence-corrected chi connectivity index (χ1v) is 7.75. The van der Waals surface area contributed by atoms with E-state index in [-0.39, 0.29) is 0 Å². The van der Waals surface area contributed by atoms with E-state index in [1.165, 1.54) is 4.88 Å². The second kappa shape index (κ2) is 6.15. The minimum atomic E-state index is 0.333. The van der Waals surface area contributed by atoms with E-state index in [0.29, 0.717) is 6.04 Å². The number of thiazole rings is 1. The molecular weight excluding hydrogens is 332 g/mol. The molecule has 1 aromatic carbocycles. The third-order valence-corrected chi connectivity index (χ3v) is 4.76. The van der Waals surface area contributed by atoms with Crippen molar-refractivity contribution in [2.75, 3.05) is 6.54 Å². The third kappa shape index (κ3) is 3.12. The lowest BCUT2D eigenvalue weighted by atomic mass is 10.2. The van der Waals surface area contributed by atoms with Crippen molar-refractivity contribution in [3.8, 4) is 10.6 Å². The van der Waals surface area contributed by atoms with E-state index in [1.54, 1.807) is 11.3 Å². The van der Waals surface area contributed by atoms with Gasteiger partial charge in [-0.25, -0.2) is 4.98 Å². The van der Waals surface area contributed by atoms with Crippen LogP contribution in [0.1, 0.15) is 24.8 Å². The van der Waals surface area contributed by atoms with Crippen LogP contribution < -0.4 is 5.32 Å². The summed E-state index contributed by atoms with van der Waals surface area (Å²) < 4.78 is 1.02. The lowest BCUT2D eigenvalue weighted by Crippen LogP contribution is -2.16. The summed E-state index contributed by atoms with van der Waals surface area (Å²) >= 11 is 11.3. The molecule has 0 bridgehead atoms. The van der Waals surface area contributed by atoms with E-state index in [1.807, 2.05) is 24.4 Å². The van der Waals surface area contributed by atoms with Crippen LogP contribution in [-0.4, -0.2) is 11.5 Å². The zero-order chi connectivity index (χ0) is 13.1. The number of hydrogen-bond acceptors (Lipinski definition) is 3. The second-order valence-corrected chi connectivity index (χ2v) is 6.32. The Morgan fingerprint density at radius 2 is 2.28 bits per heavy atom. The fourth-order valence-electron chi connectivity index (χ4n) is 1.68. The molecule has 2 aromatic rings. The fraction of sp³-hybridized carbons (Fsp3) is 0.308. The molecule has 1 N–H and O–H groups in total. The van der Waals surface area contributed by atoms with Crippen LogP contribution in [0.15, 0.2) is 28.9 Å². The van der Waals surface area contributed by atoms with Crippen molar-refractivity contribution in [3.63, 3.8) is 0 Å². The lowest BCUT2D eigenvalue weighted by molar-refractivity contribution is 0.606. The predicted molar refractivity (Wildman–Crippen MR) is 82.4 cm³/mol. The maximum Gasteiger partial charge on any atom is 0.124 e. The monoisotopic (exact) mass is 344 g/mol. The Bertz CT molecular complexity index is 542.